The van der Waals surface area contributed by atoms with Crippen molar-refractivity contribution in [3.05, 3.63) is 45.9 Å². The molecule has 4 rings (SSSR count). The van der Waals surface area contributed by atoms with Gasteiger partial charge in [-0.25, -0.2) is 4.98 Å². The first-order chi connectivity index (χ1) is 10.3. The van der Waals surface area contributed by atoms with Crippen molar-refractivity contribution in [2.24, 2.45) is 0 Å². The van der Waals surface area contributed by atoms with Crippen LogP contribution in [-0.2, 0) is 11.2 Å². The van der Waals surface area contributed by atoms with Crippen LogP contribution >= 0.6 is 22.7 Å². The van der Waals surface area contributed by atoms with Gasteiger partial charge in [0.15, 0.2) is 4.96 Å². The van der Waals surface area contributed by atoms with E-state index < -0.39 is 0 Å². The van der Waals surface area contributed by atoms with E-state index in [1.807, 2.05) is 27.1 Å². The number of likely N-dealkylation sites (tertiary alicyclic amines) is 1. The SMILES string of the molecule is O=C(Cc1cn2ccsc2n1)N1CCC[C@H]1c1ccsc1. The van der Waals surface area contributed by atoms with Crippen molar-refractivity contribution >= 4 is 33.5 Å². The van der Waals surface area contributed by atoms with E-state index in [9.17, 15) is 4.79 Å². The molecule has 0 N–H and O–H groups in total. The Morgan fingerprint density at radius 1 is 1.43 bits per heavy atom. The second-order valence-corrected chi connectivity index (χ2v) is 6.96. The van der Waals surface area contributed by atoms with E-state index in [1.54, 1.807) is 22.7 Å². The highest BCUT2D eigenvalue weighted by Crippen LogP contribution is 2.33. The van der Waals surface area contributed by atoms with Crippen molar-refractivity contribution in [2.45, 2.75) is 25.3 Å². The van der Waals surface area contributed by atoms with Crippen molar-refractivity contribution in [3.8, 4) is 0 Å². The van der Waals surface area contributed by atoms with Crippen molar-refractivity contribution in [3.63, 3.8) is 0 Å². The van der Waals surface area contributed by atoms with Crippen LogP contribution in [0.2, 0.25) is 0 Å². The van der Waals surface area contributed by atoms with Gasteiger partial charge in [-0.2, -0.15) is 11.3 Å². The Morgan fingerprint density at radius 2 is 2.38 bits per heavy atom. The largest absolute Gasteiger partial charge is 0.335 e. The van der Waals surface area contributed by atoms with Gasteiger partial charge in [0.25, 0.3) is 0 Å². The van der Waals surface area contributed by atoms with Gasteiger partial charge in [0.1, 0.15) is 0 Å². The van der Waals surface area contributed by atoms with Gasteiger partial charge in [0, 0.05) is 24.3 Å². The Morgan fingerprint density at radius 3 is 3.19 bits per heavy atom. The van der Waals surface area contributed by atoms with E-state index >= 15 is 0 Å². The lowest BCUT2D eigenvalue weighted by Crippen LogP contribution is -2.31. The predicted octanol–water partition coefficient (Wildman–Crippen LogP) is 3.36. The van der Waals surface area contributed by atoms with Crippen LogP contribution in [0.5, 0.6) is 0 Å². The topological polar surface area (TPSA) is 37.6 Å². The number of amides is 1. The van der Waals surface area contributed by atoms with Crippen LogP contribution in [0.3, 0.4) is 0 Å². The molecule has 1 atom stereocenters. The molecule has 6 heteroatoms. The van der Waals surface area contributed by atoms with E-state index in [4.69, 9.17) is 0 Å². The fourth-order valence-electron chi connectivity index (χ4n) is 2.99. The summed E-state index contributed by atoms with van der Waals surface area (Å²) in [5, 5.41) is 6.24. The Hall–Kier alpha value is -1.66. The number of thiazole rings is 1. The van der Waals surface area contributed by atoms with Gasteiger partial charge in [-0.3, -0.25) is 9.20 Å². The highest BCUT2D eigenvalue weighted by molar-refractivity contribution is 7.15. The minimum Gasteiger partial charge on any atom is -0.335 e. The summed E-state index contributed by atoms with van der Waals surface area (Å²) in [6.45, 7) is 0.863. The van der Waals surface area contributed by atoms with Crippen molar-refractivity contribution in [1.82, 2.24) is 14.3 Å². The third kappa shape index (κ3) is 2.38. The first kappa shape index (κ1) is 13.0. The van der Waals surface area contributed by atoms with Crippen LogP contribution in [0, 0.1) is 0 Å². The summed E-state index contributed by atoms with van der Waals surface area (Å²) in [6, 6.07) is 2.39. The third-order valence-corrected chi connectivity index (χ3v) is 5.45. The number of aromatic nitrogens is 2. The Balaban J connectivity index is 1.52. The minimum atomic E-state index is 0.189. The van der Waals surface area contributed by atoms with Crippen molar-refractivity contribution < 1.29 is 4.79 Å². The maximum atomic E-state index is 12.6. The number of carbonyl (C=O) groups is 1. The maximum absolute atomic E-state index is 12.6. The van der Waals surface area contributed by atoms with Crippen LogP contribution in [-0.4, -0.2) is 26.7 Å². The molecule has 3 aromatic heterocycles. The molecule has 1 saturated heterocycles. The molecule has 21 heavy (non-hydrogen) atoms. The van der Waals surface area contributed by atoms with Crippen LogP contribution in [0.25, 0.3) is 4.96 Å². The number of fused-ring (bicyclic) bond motifs is 1. The Bertz CT molecular complexity index is 730. The predicted molar refractivity (Wildman–Crippen MR) is 84.8 cm³/mol. The molecule has 0 radical (unpaired) electrons. The van der Waals surface area contributed by atoms with Gasteiger partial charge < -0.3 is 4.90 Å². The summed E-state index contributed by atoms with van der Waals surface area (Å²) in [7, 11) is 0. The average Bonchev–Trinajstić information content (AvgIpc) is 3.22. The average molecular weight is 317 g/mol. The lowest BCUT2D eigenvalue weighted by Gasteiger charge is -2.24. The molecule has 1 fully saturated rings. The smallest absolute Gasteiger partial charge is 0.229 e. The molecule has 0 spiro atoms. The first-order valence-electron chi connectivity index (χ1n) is 7.04. The molecule has 0 aliphatic carbocycles. The normalized spacial score (nSPS) is 18.7. The molecule has 0 saturated carbocycles. The minimum absolute atomic E-state index is 0.189. The van der Waals surface area contributed by atoms with E-state index in [2.05, 4.69) is 21.8 Å². The number of thiophene rings is 1. The monoisotopic (exact) mass is 317 g/mol. The number of imidazole rings is 1. The molecule has 0 unspecified atom stereocenters. The van der Waals surface area contributed by atoms with E-state index in [-0.39, 0.29) is 11.9 Å². The van der Waals surface area contributed by atoms with Crippen molar-refractivity contribution in [1.29, 1.82) is 0 Å². The number of hydrogen-bond donors (Lipinski definition) is 0. The highest BCUT2D eigenvalue weighted by atomic mass is 32.1. The fourth-order valence-corrected chi connectivity index (χ4v) is 4.42. The summed E-state index contributed by atoms with van der Waals surface area (Å²) >= 11 is 3.29. The standard InChI is InChI=1S/C15H15N3OS2/c19-14(8-12-9-17-5-7-21-15(17)16-12)18-4-1-2-13(18)11-3-6-20-10-11/h3,5-7,9-10,13H,1-2,4,8H2/t13-/m0/s1. The number of rotatable bonds is 3. The second kappa shape index (κ2) is 5.27. The molecule has 3 aromatic rings. The number of nitrogens with zero attached hydrogens (tertiary/aromatic N) is 3. The zero-order valence-corrected chi connectivity index (χ0v) is 13.1. The Labute approximate surface area is 130 Å². The summed E-state index contributed by atoms with van der Waals surface area (Å²) in [5.74, 6) is 0.189. The molecule has 4 heterocycles. The van der Waals surface area contributed by atoms with Gasteiger partial charge >= 0.3 is 0 Å². The summed E-state index contributed by atoms with van der Waals surface area (Å²) in [4.78, 5) is 20.1. The van der Waals surface area contributed by atoms with E-state index in [0.29, 0.717) is 6.42 Å². The van der Waals surface area contributed by atoms with Gasteiger partial charge in [-0.15, -0.1) is 11.3 Å². The van der Waals surface area contributed by atoms with Gasteiger partial charge in [0.2, 0.25) is 5.91 Å². The van der Waals surface area contributed by atoms with Crippen LogP contribution in [0.4, 0.5) is 0 Å². The van der Waals surface area contributed by atoms with Crippen LogP contribution in [0.1, 0.15) is 30.1 Å². The molecule has 4 nitrogen and oxygen atoms in total. The first-order valence-corrected chi connectivity index (χ1v) is 8.86. The molecule has 1 aliphatic rings. The highest BCUT2D eigenvalue weighted by Gasteiger charge is 2.30. The number of carbonyl (C=O) groups excluding carboxylic acids is 1. The summed E-state index contributed by atoms with van der Waals surface area (Å²) in [6.07, 6.45) is 6.49. The van der Waals surface area contributed by atoms with Crippen molar-refractivity contribution in [2.75, 3.05) is 6.54 Å². The summed E-state index contributed by atoms with van der Waals surface area (Å²) in [5.41, 5.74) is 2.14. The quantitative estimate of drug-likeness (QED) is 0.743. The fraction of sp³-hybridized carbons (Fsp3) is 0.333. The molecule has 1 amide bonds. The molecule has 108 valence electrons. The van der Waals surface area contributed by atoms with Gasteiger partial charge in [-0.05, 0) is 35.2 Å². The lowest BCUT2D eigenvalue weighted by atomic mass is 10.1. The molecule has 0 bridgehead atoms. The third-order valence-electron chi connectivity index (χ3n) is 3.98. The number of hydrogen-bond acceptors (Lipinski definition) is 4. The zero-order chi connectivity index (χ0) is 14.2. The van der Waals surface area contributed by atoms with E-state index in [1.165, 1.54) is 5.56 Å². The lowest BCUT2D eigenvalue weighted by molar-refractivity contribution is -0.131. The Kier molecular flexibility index (Phi) is 3.27. The van der Waals surface area contributed by atoms with Crippen LogP contribution < -0.4 is 0 Å². The molecular formula is C15H15N3OS2. The van der Waals surface area contributed by atoms with Gasteiger partial charge in [-0.1, -0.05) is 0 Å². The van der Waals surface area contributed by atoms with Crippen LogP contribution in [0.15, 0.2) is 34.6 Å². The van der Waals surface area contributed by atoms with Gasteiger partial charge in [0.05, 0.1) is 18.2 Å². The van der Waals surface area contributed by atoms with E-state index in [0.717, 1.165) is 30.0 Å². The second-order valence-electron chi connectivity index (χ2n) is 5.30. The zero-order valence-electron chi connectivity index (χ0n) is 11.4. The molecular weight excluding hydrogens is 302 g/mol. The maximum Gasteiger partial charge on any atom is 0.229 e. The summed E-state index contributed by atoms with van der Waals surface area (Å²) < 4.78 is 1.98. The molecule has 1 aliphatic heterocycles. The molecule has 0 aromatic carbocycles.